The van der Waals surface area contributed by atoms with Crippen LogP contribution in [0.4, 0.5) is 0 Å². The molecule has 6 nitrogen and oxygen atoms in total. The summed E-state index contributed by atoms with van der Waals surface area (Å²) in [4.78, 5) is 7.10. The van der Waals surface area contributed by atoms with Crippen molar-refractivity contribution in [3.05, 3.63) is 23.8 Å². The molecule has 1 aromatic rings. The summed E-state index contributed by atoms with van der Waals surface area (Å²) >= 11 is 0. The Morgan fingerprint density at radius 1 is 1.20 bits per heavy atom. The summed E-state index contributed by atoms with van der Waals surface area (Å²) in [5.41, 5.74) is 1.27. The number of rotatable bonds is 9. The van der Waals surface area contributed by atoms with E-state index in [2.05, 4.69) is 32.7 Å². The number of methoxy groups -OCH3 is 1. The quantitative estimate of drug-likeness (QED) is 0.220. The van der Waals surface area contributed by atoms with Gasteiger partial charge in [0.25, 0.3) is 0 Å². The lowest BCUT2D eigenvalue weighted by atomic mass is 10.1. The smallest absolute Gasteiger partial charge is 0.191 e. The van der Waals surface area contributed by atoms with E-state index in [1.807, 2.05) is 20.0 Å². The zero-order chi connectivity index (χ0) is 20.5. The average molecular weight is 530 g/mol. The third-order valence-electron chi connectivity index (χ3n) is 6.09. The highest BCUT2D eigenvalue weighted by atomic mass is 127. The number of ether oxygens (including phenoxy) is 2. The van der Waals surface area contributed by atoms with Gasteiger partial charge in [-0.25, -0.2) is 0 Å². The fourth-order valence-corrected chi connectivity index (χ4v) is 4.54. The van der Waals surface area contributed by atoms with Crippen LogP contribution in [-0.4, -0.2) is 63.3 Å². The molecule has 1 atom stereocenters. The van der Waals surface area contributed by atoms with E-state index >= 15 is 0 Å². The molecule has 0 radical (unpaired) electrons. The zero-order valence-electron chi connectivity index (χ0n) is 18.8. The van der Waals surface area contributed by atoms with Crippen molar-refractivity contribution >= 4 is 29.9 Å². The molecule has 1 aliphatic carbocycles. The first-order valence-electron chi connectivity index (χ1n) is 11.2. The van der Waals surface area contributed by atoms with Crippen molar-refractivity contribution in [1.82, 2.24) is 15.5 Å². The molecule has 1 saturated heterocycles. The fraction of sp³-hybridized carbons (Fsp3) is 0.696. The molecule has 1 aliphatic heterocycles. The van der Waals surface area contributed by atoms with E-state index in [0.717, 1.165) is 49.4 Å². The second-order valence-corrected chi connectivity index (χ2v) is 8.08. The van der Waals surface area contributed by atoms with Gasteiger partial charge in [0.2, 0.25) is 0 Å². The Morgan fingerprint density at radius 2 is 2.00 bits per heavy atom. The maximum absolute atomic E-state index is 5.68. The third-order valence-corrected chi connectivity index (χ3v) is 6.09. The number of aryl methyl sites for hydroxylation is 1. The lowest BCUT2D eigenvalue weighted by Gasteiger charge is -2.24. The minimum atomic E-state index is 0. The normalized spacial score (nSPS) is 20.1. The summed E-state index contributed by atoms with van der Waals surface area (Å²) < 4.78 is 11.0. The van der Waals surface area contributed by atoms with Crippen LogP contribution in [0.1, 0.15) is 51.0 Å². The summed E-state index contributed by atoms with van der Waals surface area (Å²) in [6, 6.07) is 7.53. The van der Waals surface area contributed by atoms with Crippen LogP contribution in [-0.2, 0) is 6.42 Å². The van der Waals surface area contributed by atoms with Crippen molar-refractivity contribution in [2.75, 3.05) is 40.4 Å². The number of guanidine groups is 1. The van der Waals surface area contributed by atoms with E-state index in [1.54, 1.807) is 7.11 Å². The molecule has 0 bridgehead atoms. The number of benzene rings is 1. The molecule has 170 valence electrons. The number of halogens is 1. The molecular weight excluding hydrogens is 491 g/mol. The van der Waals surface area contributed by atoms with Gasteiger partial charge in [0.05, 0.1) is 13.7 Å². The average Bonchev–Trinajstić information content (AvgIpc) is 3.42. The van der Waals surface area contributed by atoms with Crippen LogP contribution >= 0.6 is 24.0 Å². The number of aliphatic imine (C=N–C) groups is 1. The van der Waals surface area contributed by atoms with Gasteiger partial charge in [-0.2, -0.15) is 0 Å². The van der Waals surface area contributed by atoms with Crippen molar-refractivity contribution in [3.63, 3.8) is 0 Å². The summed E-state index contributed by atoms with van der Waals surface area (Å²) in [5.74, 6) is 2.54. The molecule has 0 amide bonds. The van der Waals surface area contributed by atoms with Gasteiger partial charge in [-0.15, -0.1) is 24.0 Å². The minimum Gasteiger partial charge on any atom is -0.493 e. The summed E-state index contributed by atoms with van der Waals surface area (Å²) in [7, 11) is 3.54. The van der Waals surface area contributed by atoms with Gasteiger partial charge in [-0.1, -0.05) is 18.9 Å². The molecule has 1 aromatic carbocycles. The van der Waals surface area contributed by atoms with Crippen molar-refractivity contribution < 1.29 is 9.47 Å². The van der Waals surface area contributed by atoms with E-state index in [1.165, 1.54) is 44.2 Å². The molecular formula is C23H39IN4O2. The van der Waals surface area contributed by atoms with Crippen LogP contribution in [0.2, 0.25) is 0 Å². The number of hydrogen-bond donors (Lipinski definition) is 2. The summed E-state index contributed by atoms with van der Waals surface area (Å²) in [6.45, 7) is 5.90. The number of likely N-dealkylation sites (tertiary alicyclic amines) is 1. The minimum absolute atomic E-state index is 0. The van der Waals surface area contributed by atoms with E-state index in [4.69, 9.17) is 9.47 Å². The molecule has 1 unspecified atom stereocenters. The van der Waals surface area contributed by atoms with Gasteiger partial charge in [-0.05, 0) is 56.7 Å². The molecule has 1 saturated carbocycles. The molecule has 3 rings (SSSR count). The lowest BCUT2D eigenvalue weighted by Crippen LogP contribution is -2.45. The van der Waals surface area contributed by atoms with Gasteiger partial charge in [0.1, 0.15) is 0 Å². The Morgan fingerprint density at radius 3 is 2.70 bits per heavy atom. The molecule has 30 heavy (non-hydrogen) atoms. The Kier molecular flexibility index (Phi) is 11.1. The SMILES string of the molecule is CCOc1cc(CCCNC(=NC)NC2CCN(C3CCCC3)C2)ccc1OC.I. The second kappa shape index (κ2) is 13.2. The maximum atomic E-state index is 5.68. The predicted octanol–water partition coefficient (Wildman–Crippen LogP) is 3.83. The molecule has 2 aliphatic rings. The van der Waals surface area contributed by atoms with Gasteiger partial charge < -0.3 is 20.1 Å². The van der Waals surface area contributed by atoms with Crippen molar-refractivity contribution in [1.29, 1.82) is 0 Å². The highest BCUT2D eigenvalue weighted by molar-refractivity contribution is 14.0. The van der Waals surface area contributed by atoms with Gasteiger partial charge in [0, 0.05) is 38.8 Å². The van der Waals surface area contributed by atoms with Crippen LogP contribution in [0.25, 0.3) is 0 Å². The molecule has 1 heterocycles. The Bertz CT molecular complexity index is 665. The van der Waals surface area contributed by atoms with Crippen LogP contribution in [0.5, 0.6) is 11.5 Å². The van der Waals surface area contributed by atoms with Crippen molar-refractivity contribution in [2.45, 2.75) is 64.0 Å². The number of hydrogen-bond acceptors (Lipinski definition) is 4. The number of nitrogens with one attached hydrogen (secondary N) is 2. The first-order valence-corrected chi connectivity index (χ1v) is 11.2. The van der Waals surface area contributed by atoms with Crippen LogP contribution in [0.3, 0.4) is 0 Å². The molecule has 2 fully saturated rings. The van der Waals surface area contributed by atoms with Gasteiger partial charge >= 0.3 is 0 Å². The first-order chi connectivity index (χ1) is 14.2. The Labute approximate surface area is 199 Å². The monoisotopic (exact) mass is 530 g/mol. The standard InChI is InChI=1S/C23H38N4O2.HI/c1-4-29-22-16-18(11-12-21(22)28-3)8-7-14-25-23(24-2)26-19-13-15-27(17-19)20-9-5-6-10-20;/h11-12,16,19-20H,4-10,13-15,17H2,1-3H3,(H2,24,25,26);1H. The largest absolute Gasteiger partial charge is 0.493 e. The number of nitrogens with zero attached hydrogens (tertiary/aromatic N) is 2. The summed E-state index contributed by atoms with van der Waals surface area (Å²) in [5, 5.41) is 7.10. The second-order valence-electron chi connectivity index (χ2n) is 8.08. The first kappa shape index (κ1) is 25.0. The molecule has 2 N–H and O–H groups in total. The van der Waals surface area contributed by atoms with Gasteiger partial charge in [-0.3, -0.25) is 9.89 Å². The Hall–Kier alpha value is -1.22. The highest BCUT2D eigenvalue weighted by Crippen LogP contribution is 2.28. The van der Waals surface area contributed by atoms with Crippen LogP contribution < -0.4 is 20.1 Å². The summed E-state index contributed by atoms with van der Waals surface area (Å²) in [6.07, 6.45) is 8.82. The van der Waals surface area contributed by atoms with Crippen LogP contribution in [0, 0.1) is 0 Å². The fourth-order valence-electron chi connectivity index (χ4n) is 4.54. The van der Waals surface area contributed by atoms with E-state index in [9.17, 15) is 0 Å². The van der Waals surface area contributed by atoms with E-state index < -0.39 is 0 Å². The van der Waals surface area contributed by atoms with Gasteiger partial charge in [0.15, 0.2) is 17.5 Å². The zero-order valence-corrected chi connectivity index (χ0v) is 21.1. The van der Waals surface area contributed by atoms with Crippen molar-refractivity contribution in [2.24, 2.45) is 4.99 Å². The highest BCUT2D eigenvalue weighted by Gasteiger charge is 2.30. The maximum Gasteiger partial charge on any atom is 0.191 e. The predicted molar refractivity (Wildman–Crippen MR) is 135 cm³/mol. The molecule has 7 heteroatoms. The third kappa shape index (κ3) is 7.18. The van der Waals surface area contributed by atoms with E-state index in [-0.39, 0.29) is 24.0 Å². The van der Waals surface area contributed by atoms with Crippen molar-refractivity contribution in [3.8, 4) is 11.5 Å². The molecule has 0 aromatic heterocycles. The topological polar surface area (TPSA) is 58.1 Å². The Balaban J connectivity index is 0.00000320. The van der Waals surface area contributed by atoms with E-state index in [0.29, 0.717) is 12.6 Å². The van der Waals surface area contributed by atoms with Crippen LogP contribution in [0.15, 0.2) is 23.2 Å². The molecule has 0 spiro atoms. The lowest BCUT2D eigenvalue weighted by molar-refractivity contribution is 0.242.